The van der Waals surface area contributed by atoms with Crippen LogP contribution in [0.2, 0.25) is 0 Å². The minimum atomic E-state index is -0.496. The van der Waals surface area contributed by atoms with Crippen LogP contribution in [0.25, 0.3) is 22.3 Å². The highest BCUT2D eigenvalue weighted by Gasteiger charge is 2.47. The van der Waals surface area contributed by atoms with Crippen molar-refractivity contribution in [2.45, 2.75) is 37.2 Å². The minimum Gasteiger partial charge on any atom is -0.451 e. The van der Waals surface area contributed by atoms with Gasteiger partial charge < -0.3 is 9.72 Å². The zero-order valence-corrected chi connectivity index (χ0v) is 16.8. The van der Waals surface area contributed by atoms with Crippen LogP contribution in [0.15, 0.2) is 60.8 Å². The number of aromatic nitrogens is 3. The molecule has 31 heavy (non-hydrogen) atoms. The second-order valence-electron chi connectivity index (χ2n) is 8.43. The Bertz CT molecular complexity index is 1300. The number of esters is 1. The number of aromatic amines is 1. The Morgan fingerprint density at radius 2 is 1.81 bits per heavy atom. The number of ether oxygens (including phenoxy) is 1. The van der Waals surface area contributed by atoms with Crippen molar-refractivity contribution < 1.29 is 13.9 Å². The van der Waals surface area contributed by atoms with Crippen molar-refractivity contribution in [1.82, 2.24) is 15.0 Å². The Labute approximate surface area is 178 Å². The number of nitrogens with zero attached hydrogens (tertiary/aromatic N) is 2. The van der Waals surface area contributed by atoms with Gasteiger partial charge in [0.15, 0.2) is 5.65 Å². The fourth-order valence-electron chi connectivity index (χ4n) is 4.99. The van der Waals surface area contributed by atoms with E-state index in [4.69, 9.17) is 9.72 Å². The van der Waals surface area contributed by atoms with Crippen LogP contribution in [0, 0.1) is 5.82 Å². The first-order chi connectivity index (χ1) is 15.1. The number of carbonyl (C=O) groups excluding carboxylic acids is 1. The summed E-state index contributed by atoms with van der Waals surface area (Å²) in [5.41, 5.74) is 4.60. The normalized spacial score (nSPS) is 22.6. The molecular formula is C25H20FN3O2. The average molecular weight is 413 g/mol. The highest BCUT2D eigenvalue weighted by molar-refractivity contribution is 5.94. The second kappa shape index (κ2) is 6.74. The standard InChI is InChI=1S/C25H20FN3O2/c26-18-7-5-15(6-8-18)17-13-21-23(27-14-17)29-22(28-21)16-9-11-25(12-10-16)20-4-2-1-3-19(20)24(30)31-25/h1-8,13-14,16H,9-12H2,(H,27,28,29). The van der Waals surface area contributed by atoms with E-state index in [0.29, 0.717) is 11.2 Å². The maximum absolute atomic E-state index is 13.2. The summed E-state index contributed by atoms with van der Waals surface area (Å²) < 4.78 is 19.1. The summed E-state index contributed by atoms with van der Waals surface area (Å²) in [6.45, 7) is 0. The number of imidazole rings is 1. The van der Waals surface area contributed by atoms with Crippen LogP contribution in [0.3, 0.4) is 0 Å². The molecule has 2 aromatic carbocycles. The molecule has 0 unspecified atom stereocenters. The number of H-pyrrole nitrogens is 1. The largest absolute Gasteiger partial charge is 0.451 e. The molecule has 0 bridgehead atoms. The number of pyridine rings is 1. The Kier molecular flexibility index (Phi) is 3.96. The van der Waals surface area contributed by atoms with Gasteiger partial charge in [0.1, 0.15) is 17.2 Å². The highest BCUT2D eigenvalue weighted by atomic mass is 19.1. The predicted octanol–water partition coefficient (Wildman–Crippen LogP) is 5.49. The first-order valence-electron chi connectivity index (χ1n) is 10.6. The maximum Gasteiger partial charge on any atom is 0.339 e. The average Bonchev–Trinajstić information content (AvgIpc) is 3.34. The summed E-state index contributed by atoms with van der Waals surface area (Å²) >= 11 is 0. The summed E-state index contributed by atoms with van der Waals surface area (Å²) in [4.78, 5) is 25.0. The van der Waals surface area contributed by atoms with E-state index in [-0.39, 0.29) is 17.7 Å². The van der Waals surface area contributed by atoms with E-state index in [1.165, 1.54) is 12.1 Å². The van der Waals surface area contributed by atoms with E-state index >= 15 is 0 Å². The lowest BCUT2D eigenvalue weighted by atomic mass is 9.75. The third kappa shape index (κ3) is 2.93. The van der Waals surface area contributed by atoms with E-state index in [0.717, 1.165) is 53.7 Å². The van der Waals surface area contributed by atoms with Gasteiger partial charge in [-0.25, -0.2) is 19.2 Å². The Balaban J connectivity index is 1.25. The van der Waals surface area contributed by atoms with Crippen LogP contribution in [-0.4, -0.2) is 20.9 Å². The van der Waals surface area contributed by atoms with Gasteiger partial charge in [-0.3, -0.25) is 0 Å². The third-order valence-corrected chi connectivity index (χ3v) is 6.64. The number of benzene rings is 2. The molecule has 1 aliphatic carbocycles. The summed E-state index contributed by atoms with van der Waals surface area (Å²) in [5, 5.41) is 0. The molecule has 5 nitrogen and oxygen atoms in total. The Morgan fingerprint density at radius 1 is 1.03 bits per heavy atom. The number of hydrogen-bond acceptors (Lipinski definition) is 4. The van der Waals surface area contributed by atoms with Crippen LogP contribution >= 0.6 is 0 Å². The van der Waals surface area contributed by atoms with Crippen molar-refractivity contribution in [3.8, 4) is 11.1 Å². The molecule has 1 fully saturated rings. The van der Waals surface area contributed by atoms with Gasteiger partial charge in [0.05, 0.1) is 11.1 Å². The first kappa shape index (κ1) is 18.2. The summed E-state index contributed by atoms with van der Waals surface area (Å²) in [6.07, 6.45) is 5.10. The SMILES string of the molecule is O=C1OC2(CCC(c3nc4ncc(-c5ccc(F)cc5)cc4[nH]3)CC2)c2ccccc21. The molecule has 0 atom stereocenters. The molecule has 6 heteroatoms. The third-order valence-electron chi connectivity index (χ3n) is 6.64. The lowest BCUT2D eigenvalue weighted by Gasteiger charge is -2.35. The molecule has 1 spiro atoms. The number of hydrogen-bond donors (Lipinski definition) is 1. The van der Waals surface area contributed by atoms with Crippen LogP contribution in [0.5, 0.6) is 0 Å². The number of carbonyl (C=O) groups is 1. The molecule has 0 radical (unpaired) electrons. The maximum atomic E-state index is 13.2. The molecule has 1 N–H and O–H groups in total. The first-order valence-corrected chi connectivity index (χ1v) is 10.6. The molecule has 0 amide bonds. The molecule has 4 aromatic rings. The highest BCUT2D eigenvalue weighted by Crippen LogP contribution is 2.49. The smallest absolute Gasteiger partial charge is 0.339 e. The van der Waals surface area contributed by atoms with E-state index in [2.05, 4.69) is 9.97 Å². The molecule has 2 aromatic heterocycles. The molecule has 1 saturated carbocycles. The summed E-state index contributed by atoms with van der Waals surface area (Å²) in [5.74, 6) is 0.717. The van der Waals surface area contributed by atoms with Crippen molar-refractivity contribution in [1.29, 1.82) is 0 Å². The topological polar surface area (TPSA) is 67.9 Å². The molecule has 6 rings (SSSR count). The van der Waals surface area contributed by atoms with Gasteiger partial charge in [-0.05, 0) is 55.5 Å². The van der Waals surface area contributed by atoms with Crippen molar-refractivity contribution >= 4 is 17.1 Å². The molecule has 0 saturated heterocycles. The van der Waals surface area contributed by atoms with Crippen LogP contribution in [0.1, 0.15) is 53.3 Å². The fourth-order valence-corrected chi connectivity index (χ4v) is 4.99. The lowest BCUT2D eigenvalue weighted by Crippen LogP contribution is -2.31. The lowest BCUT2D eigenvalue weighted by molar-refractivity contribution is -0.0312. The minimum absolute atomic E-state index is 0.213. The quantitative estimate of drug-likeness (QED) is 0.442. The monoisotopic (exact) mass is 413 g/mol. The number of fused-ring (bicyclic) bond motifs is 3. The molecular weight excluding hydrogens is 393 g/mol. The van der Waals surface area contributed by atoms with Crippen LogP contribution < -0.4 is 0 Å². The van der Waals surface area contributed by atoms with Gasteiger partial charge in [0, 0.05) is 23.2 Å². The zero-order chi connectivity index (χ0) is 21.0. The van der Waals surface area contributed by atoms with Crippen LogP contribution in [-0.2, 0) is 10.3 Å². The molecule has 1 aliphatic heterocycles. The molecule has 3 heterocycles. The Hall–Kier alpha value is -3.54. The van der Waals surface area contributed by atoms with Gasteiger partial charge in [0.2, 0.25) is 0 Å². The second-order valence-corrected chi connectivity index (χ2v) is 8.43. The number of rotatable bonds is 2. The van der Waals surface area contributed by atoms with Gasteiger partial charge in [-0.1, -0.05) is 30.3 Å². The fraction of sp³-hybridized carbons (Fsp3) is 0.240. The van der Waals surface area contributed by atoms with E-state index in [1.54, 1.807) is 18.3 Å². The predicted molar refractivity (Wildman–Crippen MR) is 114 cm³/mol. The van der Waals surface area contributed by atoms with Crippen molar-refractivity contribution in [2.24, 2.45) is 0 Å². The van der Waals surface area contributed by atoms with Crippen molar-refractivity contribution in [3.05, 3.63) is 83.6 Å². The van der Waals surface area contributed by atoms with Gasteiger partial charge in [-0.2, -0.15) is 0 Å². The van der Waals surface area contributed by atoms with Gasteiger partial charge in [-0.15, -0.1) is 0 Å². The molecule has 2 aliphatic rings. The summed E-state index contributed by atoms with van der Waals surface area (Å²) in [6, 6.07) is 16.1. The van der Waals surface area contributed by atoms with E-state index < -0.39 is 5.60 Å². The van der Waals surface area contributed by atoms with Gasteiger partial charge >= 0.3 is 5.97 Å². The van der Waals surface area contributed by atoms with Gasteiger partial charge in [0.25, 0.3) is 0 Å². The Morgan fingerprint density at radius 3 is 2.61 bits per heavy atom. The van der Waals surface area contributed by atoms with Crippen molar-refractivity contribution in [2.75, 3.05) is 0 Å². The van der Waals surface area contributed by atoms with Crippen molar-refractivity contribution in [3.63, 3.8) is 0 Å². The summed E-state index contributed by atoms with van der Waals surface area (Å²) in [7, 11) is 0. The number of nitrogens with one attached hydrogen (secondary N) is 1. The molecule has 154 valence electrons. The van der Waals surface area contributed by atoms with E-state index in [9.17, 15) is 9.18 Å². The zero-order valence-electron chi connectivity index (χ0n) is 16.8. The number of halogens is 1. The van der Waals surface area contributed by atoms with E-state index in [1.807, 2.05) is 30.3 Å². The van der Waals surface area contributed by atoms with Crippen LogP contribution in [0.4, 0.5) is 4.39 Å².